The molecule has 2 aromatic carbocycles. The average molecular weight is 395 g/mol. The lowest BCUT2D eigenvalue weighted by Gasteiger charge is -2.20. The van der Waals surface area contributed by atoms with Crippen LogP contribution in [0.15, 0.2) is 53.1 Å². The van der Waals surface area contributed by atoms with Gasteiger partial charge in [0.1, 0.15) is 0 Å². The van der Waals surface area contributed by atoms with Gasteiger partial charge in [-0.2, -0.15) is 4.98 Å². The van der Waals surface area contributed by atoms with Gasteiger partial charge >= 0.3 is 0 Å². The highest BCUT2D eigenvalue weighted by molar-refractivity contribution is 5.78. The minimum Gasteiger partial charge on any atom is -0.490 e. The first-order chi connectivity index (χ1) is 13.9. The van der Waals surface area contributed by atoms with Crippen molar-refractivity contribution in [3.8, 4) is 34.3 Å². The highest BCUT2D eigenvalue weighted by atomic mass is 16.5. The molecule has 7 nitrogen and oxygen atoms in total. The molecule has 0 saturated carbocycles. The van der Waals surface area contributed by atoms with Gasteiger partial charge in [0.25, 0.3) is 11.8 Å². The molecule has 0 spiro atoms. The Morgan fingerprint density at radius 3 is 2.48 bits per heavy atom. The van der Waals surface area contributed by atoms with Crippen LogP contribution in [0, 0.1) is 0 Å². The van der Waals surface area contributed by atoms with Crippen molar-refractivity contribution in [1.82, 2.24) is 15.5 Å². The molecule has 0 radical (unpaired) electrons. The zero-order valence-corrected chi connectivity index (χ0v) is 17.1. The smallest absolute Gasteiger partial charge is 0.258 e. The minimum atomic E-state index is -0.317. The summed E-state index contributed by atoms with van der Waals surface area (Å²) in [5, 5.41) is 6.92. The Kier molecular flexibility index (Phi) is 6.16. The predicted molar refractivity (Wildman–Crippen MR) is 110 cm³/mol. The number of amides is 1. The van der Waals surface area contributed by atoms with Crippen molar-refractivity contribution in [2.45, 2.75) is 33.2 Å². The van der Waals surface area contributed by atoms with E-state index >= 15 is 0 Å². The van der Waals surface area contributed by atoms with Crippen LogP contribution < -0.4 is 14.8 Å². The van der Waals surface area contributed by atoms with Gasteiger partial charge in [-0.1, -0.05) is 23.4 Å². The molecule has 1 N–H and O–H groups in total. The number of hydrogen-bond acceptors (Lipinski definition) is 6. The highest BCUT2D eigenvalue weighted by Crippen LogP contribution is 2.32. The summed E-state index contributed by atoms with van der Waals surface area (Å²) in [6.45, 7) is 7.98. The van der Waals surface area contributed by atoms with E-state index in [4.69, 9.17) is 14.0 Å². The van der Waals surface area contributed by atoms with Crippen molar-refractivity contribution < 1.29 is 18.8 Å². The molecule has 0 saturated heterocycles. The largest absolute Gasteiger partial charge is 0.490 e. The van der Waals surface area contributed by atoms with Crippen LogP contribution in [0.2, 0.25) is 0 Å². The second-order valence-corrected chi connectivity index (χ2v) is 7.47. The van der Waals surface area contributed by atoms with E-state index < -0.39 is 0 Å². The van der Waals surface area contributed by atoms with E-state index in [1.54, 1.807) is 18.2 Å². The molecule has 3 rings (SSSR count). The molecular weight excluding hydrogens is 370 g/mol. The Morgan fingerprint density at radius 2 is 1.79 bits per heavy atom. The standard InChI is InChI=1S/C22H25N3O4/c1-5-27-18-13-16(11-12-17(18)28-14-19(26)24-22(2,3)4)20-23-21(29-25-20)15-9-7-6-8-10-15/h6-13H,5,14H2,1-4H3,(H,24,26). The molecule has 1 aromatic heterocycles. The van der Waals surface area contributed by atoms with Crippen molar-refractivity contribution in [2.24, 2.45) is 0 Å². The van der Waals surface area contributed by atoms with Gasteiger partial charge in [0, 0.05) is 16.7 Å². The minimum absolute atomic E-state index is 0.100. The molecular formula is C22H25N3O4. The predicted octanol–water partition coefficient (Wildman–Crippen LogP) is 4.10. The molecule has 0 unspecified atom stereocenters. The van der Waals surface area contributed by atoms with Crippen LogP contribution in [-0.2, 0) is 4.79 Å². The summed E-state index contributed by atoms with van der Waals surface area (Å²) in [7, 11) is 0. The van der Waals surface area contributed by atoms with E-state index in [0.29, 0.717) is 29.8 Å². The number of nitrogens with zero attached hydrogens (tertiary/aromatic N) is 2. The third kappa shape index (κ3) is 5.57. The van der Waals surface area contributed by atoms with Crippen LogP contribution in [0.3, 0.4) is 0 Å². The third-order valence-corrected chi connectivity index (χ3v) is 3.82. The molecule has 0 aliphatic heterocycles. The van der Waals surface area contributed by atoms with Crippen molar-refractivity contribution in [3.63, 3.8) is 0 Å². The first-order valence-electron chi connectivity index (χ1n) is 9.46. The Morgan fingerprint density at radius 1 is 1.03 bits per heavy atom. The van der Waals surface area contributed by atoms with Gasteiger partial charge in [0.15, 0.2) is 18.1 Å². The molecule has 0 aliphatic carbocycles. The fraction of sp³-hybridized carbons (Fsp3) is 0.318. The maximum atomic E-state index is 12.0. The first kappa shape index (κ1) is 20.4. The van der Waals surface area contributed by atoms with Crippen LogP contribution in [-0.4, -0.2) is 34.8 Å². The number of ether oxygens (including phenoxy) is 2. The van der Waals surface area contributed by atoms with Gasteiger partial charge < -0.3 is 19.3 Å². The first-order valence-corrected chi connectivity index (χ1v) is 9.46. The lowest BCUT2D eigenvalue weighted by Crippen LogP contribution is -2.43. The topological polar surface area (TPSA) is 86.5 Å². The maximum Gasteiger partial charge on any atom is 0.258 e. The lowest BCUT2D eigenvalue weighted by atomic mass is 10.1. The Labute approximate surface area is 170 Å². The highest BCUT2D eigenvalue weighted by Gasteiger charge is 2.17. The molecule has 29 heavy (non-hydrogen) atoms. The van der Waals surface area contributed by atoms with Gasteiger partial charge in [-0.05, 0) is 58.0 Å². The van der Waals surface area contributed by atoms with Gasteiger partial charge in [-0.25, -0.2) is 0 Å². The number of carbonyl (C=O) groups excluding carboxylic acids is 1. The average Bonchev–Trinajstić information content (AvgIpc) is 3.17. The molecule has 0 fully saturated rings. The van der Waals surface area contributed by atoms with E-state index in [1.807, 2.05) is 58.0 Å². The SMILES string of the molecule is CCOc1cc(-c2noc(-c3ccccc3)n2)ccc1OCC(=O)NC(C)(C)C. The Bertz CT molecular complexity index is 962. The third-order valence-electron chi connectivity index (χ3n) is 3.82. The molecule has 0 aliphatic rings. The Balaban J connectivity index is 1.77. The fourth-order valence-electron chi connectivity index (χ4n) is 2.67. The summed E-state index contributed by atoms with van der Waals surface area (Å²) in [6.07, 6.45) is 0. The van der Waals surface area contributed by atoms with Crippen LogP contribution in [0.5, 0.6) is 11.5 Å². The van der Waals surface area contributed by atoms with Gasteiger partial charge in [0.2, 0.25) is 5.82 Å². The molecule has 1 amide bonds. The summed E-state index contributed by atoms with van der Waals surface area (Å²) < 4.78 is 16.7. The summed E-state index contributed by atoms with van der Waals surface area (Å²) in [4.78, 5) is 16.5. The number of aromatic nitrogens is 2. The fourth-order valence-corrected chi connectivity index (χ4v) is 2.67. The van der Waals surface area contributed by atoms with E-state index in [1.165, 1.54) is 0 Å². The molecule has 0 bridgehead atoms. The zero-order valence-electron chi connectivity index (χ0n) is 17.1. The zero-order chi connectivity index (χ0) is 20.9. The number of carbonyl (C=O) groups is 1. The lowest BCUT2D eigenvalue weighted by molar-refractivity contribution is -0.124. The van der Waals surface area contributed by atoms with Gasteiger partial charge in [-0.3, -0.25) is 4.79 Å². The van der Waals surface area contributed by atoms with Crippen LogP contribution >= 0.6 is 0 Å². The van der Waals surface area contributed by atoms with Crippen molar-refractivity contribution >= 4 is 5.91 Å². The van der Waals surface area contributed by atoms with E-state index in [-0.39, 0.29) is 18.1 Å². The van der Waals surface area contributed by atoms with E-state index in [9.17, 15) is 4.79 Å². The molecule has 3 aromatic rings. The number of hydrogen-bond donors (Lipinski definition) is 1. The summed E-state index contributed by atoms with van der Waals surface area (Å²) in [5.74, 6) is 1.68. The van der Waals surface area contributed by atoms with Crippen LogP contribution in [0.25, 0.3) is 22.8 Å². The molecule has 0 atom stereocenters. The number of rotatable bonds is 7. The van der Waals surface area contributed by atoms with Crippen LogP contribution in [0.1, 0.15) is 27.7 Å². The second-order valence-electron chi connectivity index (χ2n) is 7.47. The summed E-state index contributed by atoms with van der Waals surface area (Å²) in [6, 6.07) is 14.9. The second kappa shape index (κ2) is 8.77. The van der Waals surface area contributed by atoms with E-state index in [2.05, 4.69) is 15.5 Å². The monoisotopic (exact) mass is 395 g/mol. The quantitative estimate of drug-likeness (QED) is 0.648. The number of benzene rings is 2. The van der Waals surface area contributed by atoms with E-state index in [0.717, 1.165) is 11.1 Å². The Hall–Kier alpha value is -3.35. The summed E-state index contributed by atoms with van der Waals surface area (Å²) in [5.41, 5.74) is 1.26. The number of nitrogens with one attached hydrogen (secondary N) is 1. The van der Waals surface area contributed by atoms with Crippen LogP contribution in [0.4, 0.5) is 0 Å². The molecule has 7 heteroatoms. The van der Waals surface area contributed by atoms with Crippen molar-refractivity contribution in [2.75, 3.05) is 13.2 Å². The normalized spacial score (nSPS) is 11.2. The van der Waals surface area contributed by atoms with Crippen molar-refractivity contribution in [1.29, 1.82) is 0 Å². The van der Waals surface area contributed by atoms with Gasteiger partial charge in [0.05, 0.1) is 6.61 Å². The molecule has 152 valence electrons. The maximum absolute atomic E-state index is 12.0. The van der Waals surface area contributed by atoms with Gasteiger partial charge in [-0.15, -0.1) is 0 Å². The summed E-state index contributed by atoms with van der Waals surface area (Å²) >= 11 is 0. The van der Waals surface area contributed by atoms with Crippen molar-refractivity contribution in [3.05, 3.63) is 48.5 Å². The molecule has 1 heterocycles.